The Labute approximate surface area is 65.5 Å². The zero-order valence-electron chi connectivity index (χ0n) is 6.21. The molecule has 0 bridgehead atoms. The summed E-state index contributed by atoms with van der Waals surface area (Å²) in [5.74, 6) is 0.0593. The normalized spacial score (nSPS) is 13.7. The maximum Gasteiger partial charge on any atom is 0.170 e. The van der Waals surface area contributed by atoms with Gasteiger partial charge in [0.05, 0.1) is 5.57 Å². The monoisotopic (exact) mass is 150 g/mol. The summed E-state index contributed by atoms with van der Waals surface area (Å²) < 4.78 is 0. The summed E-state index contributed by atoms with van der Waals surface area (Å²) in [6.07, 6.45) is 6.19. The van der Waals surface area contributed by atoms with Gasteiger partial charge in [0.25, 0.3) is 0 Å². The van der Waals surface area contributed by atoms with Crippen LogP contribution in [-0.4, -0.2) is 17.5 Å². The van der Waals surface area contributed by atoms with E-state index in [0.29, 0.717) is 18.4 Å². The summed E-state index contributed by atoms with van der Waals surface area (Å²) in [5.41, 5.74) is 3.44. The third kappa shape index (κ3) is 2.19. The van der Waals surface area contributed by atoms with Crippen LogP contribution in [0.4, 0.5) is 0 Å². The van der Waals surface area contributed by atoms with Crippen LogP contribution in [-0.2, 0) is 4.79 Å². The van der Waals surface area contributed by atoms with Crippen LogP contribution < -0.4 is 0 Å². The molecule has 0 aromatic rings. The molecule has 0 spiro atoms. The summed E-state index contributed by atoms with van der Waals surface area (Å²) in [5, 5.41) is 8.45. The molecule has 11 heavy (non-hydrogen) atoms. The summed E-state index contributed by atoms with van der Waals surface area (Å²) in [4.78, 5) is 11.1. The average molecular weight is 150 g/mol. The molecule has 0 aliphatic heterocycles. The van der Waals surface area contributed by atoms with E-state index in [1.165, 1.54) is 0 Å². The van der Waals surface area contributed by atoms with E-state index < -0.39 is 0 Å². The van der Waals surface area contributed by atoms with Gasteiger partial charge in [-0.25, -0.2) is 0 Å². The second kappa shape index (κ2) is 3.91. The molecule has 0 aromatic heterocycles. The molecule has 0 atom stereocenters. The van der Waals surface area contributed by atoms with E-state index in [-0.39, 0.29) is 12.4 Å². The van der Waals surface area contributed by atoms with Gasteiger partial charge in [-0.1, -0.05) is 6.08 Å². The van der Waals surface area contributed by atoms with Crippen LogP contribution in [0.25, 0.3) is 0 Å². The van der Waals surface area contributed by atoms with Gasteiger partial charge in [-0.15, -0.1) is 5.73 Å². The first kappa shape index (κ1) is 7.99. The van der Waals surface area contributed by atoms with Gasteiger partial charge in [-0.3, -0.25) is 4.79 Å². The van der Waals surface area contributed by atoms with Gasteiger partial charge in [0.2, 0.25) is 0 Å². The Morgan fingerprint density at radius 1 is 1.64 bits per heavy atom. The van der Waals surface area contributed by atoms with Crippen LogP contribution in [0, 0.1) is 0 Å². The quantitative estimate of drug-likeness (QED) is 0.606. The zero-order valence-corrected chi connectivity index (χ0v) is 6.21. The molecule has 0 amide bonds. The number of hydrogen-bond acceptors (Lipinski definition) is 2. The molecule has 0 heterocycles. The maximum absolute atomic E-state index is 11.1. The molecule has 0 radical (unpaired) electrons. The minimum absolute atomic E-state index is 0.0593. The highest BCUT2D eigenvalue weighted by Crippen LogP contribution is 2.06. The summed E-state index contributed by atoms with van der Waals surface area (Å²) >= 11 is 0. The Balaban J connectivity index is 2.43. The molecule has 0 aromatic carbocycles. The van der Waals surface area contributed by atoms with Crippen LogP contribution in [0.5, 0.6) is 0 Å². The molecule has 1 aliphatic carbocycles. The predicted molar refractivity (Wildman–Crippen MR) is 42.1 cm³/mol. The van der Waals surface area contributed by atoms with Crippen molar-refractivity contribution in [2.75, 3.05) is 6.61 Å². The maximum atomic E-state index is 11.1. The lowest BCUT2D eigenvalue weighted by atomic mass is 10.1. The lowest BCUT2D eigenvalue weighted by Crippen LogP contribution is -1.99. The van der Waals surface area contributed by atoms with Crippen LogP contribution in [0.15, 0.2) is 29.5 Å². The van der Waals surface area contributed by atoms with Crippen molar-refractivity contribution >= 4 is 5.78 Å². The minimum Gasteiger partial charge on any atom is -0.396 e. The largest absolute Gasteiger partial charge is 0.396 e. The first-order valence-electron chi connectivity index (χ1n) is 3.62. The van der Waals surface area contributed by atoms with Gasteiger partial charge < -0.3 is 5.11 Å². The Morgan fingerprint density at radius 2 is 2.45 bits per heavy atom. The summed E-state index contributed by atoms with van der Waals surface area (Å²) in [7, 11) is 0. The van der Waals surface area contributed by atoms with Crippen molar-refractivity contribution in [3.05, 3.63) is 29.5 Å². The number of aliphatic hydroxyl groups is 1. The van der Waals surface area contributed by atoms with E-state index in [2.05, 4.69) is 5.73 Å². The van der Waals surface area contributed by atoms with Crippen LogP contribution >= 0.6 is 0 Å². The highest BCUT2D eigenvalue weighted by molar-refractivity contribution is 5.98. The third-order valence-electron chi connectivity index (χ3n) is 1.46. The smallest absolute Gasteiger partial charge is 0.170 e. The Bertz CT molecular complexity index is 242. The van der Waals surface area contributed by atoms with Crippen molar-refractivity contribution in [1.82, 2.24) is 0 Å². The van der Waals surface area contributed by atoms with Crippen LogP contribution in [0.2, 0.25) is 0 Å². The van der Waals surface area contributed by atoms with Crippen molar-refractivity contribution < 1.29 is 9.90 Å². The SMILES string of the molecule is O=C(CCCO)C1=C=CC=C1. The molecular formula is C9H10O2. The average Bonchev–Trinajstić information content (AvgIpc) is 2.52. The van der Waals surface area contributed by atoms with E-state index in [9.17, 15) is 4.79 Å². The van der Waals surface area contributed by atoms with Crippen molar-refractivity contribution in [3.8, 4) is 0 Å². The molecule has 0 saturated carbocycles. The Hall–Kier alpha value is -1.11. The highest BCUT2D eigenvalue weighted by Gasteiger charge is 2.05. The highest BCUT2D eigenvalue weighted by atomic mass is 16.3. The molecule has 2 nitrogen and oxygen atoms in total. The molecule has 1 aliphatic rings. The van der Waals surface area contributed by atoms with Gasteiger partial charge >= 0.3 is 0 Å². The standard InChI is InChI=1S/C9H10O2/c10-7-3-6-9(11)8-4-1-2-5-8/h1-2,4,10H,3,6-7H2. The van der Waals surface area contributed by atoms with Crippen molar-refractivity contribution in [2.45, 2.75) is 12.8 Å². The van der Waals surface area contributed by atoms with E-state index in [1.807, 2.05) is 0 Å². The number of rotatable bonds is 4. The van der Waals surface area contributed by atoms with Crippen LogP contribution in [0.3, 0.4) is 0 Å². The number of allylic oxidation sites excluding steroid dienone is 3. The van der Waals surface area contributed by atoms with Gasteiger partial charge in [0.15, 0.2) is 5.78 Å². The molecule has 0 unspecified atom stereocenters. The van der Waals surface area contributed by atoms with Crippen molar-refractivity contribution in [1.29, 1.82) is 0 Å². The molecule has 0 saturated heterocycles. The summed E-state index contributed by atoms with van der Waals surface area (Å²) in [6.45, 7) is 0.0758. The molecule has 2 heteroatoms. The topological polar surface area (TPSA) is 37.3 Å². The van der Waals surface area contributed by atoms with E-state index in [4.69, 9.17) is 5.11 Å². The van der Waals surface area contributed by atoms with Gasteiger partial charge in [-0.05, 0) is 18.6 Å². The molecule has 1 N–H and O–H groups in total. The van der Waals surface area contributed by atoms with E-state index in [1.54, 1.807) is 18.2 Å². The number of hydrogen-bond donors (Lipinski definition) is 1. The number of carbonyl (C=O) groups excluding carboxylic acids is 1. The lowest BCUT2D eigenvalue weighted by Gasteiger charge is -1.94. The third-order valence-corrected chi connectivity index (χ3v) is 1.46. The zero-order chi connectivity index (χ0) is 8.10. The second-order valence-corrected chi connectivity index (χ2v) is 2.33. The lowest BCUT2D eigenvalue weighted by molar-refractivity contribution is -0.115. The fraction of sp³-hybridized carbons (Fsp3) is 0.333. The number of ketones is 1. The van der Waals surface area contributed by atoms with Crippen molar-refractivity contribution in [2.24, 2.45) is 0 Å². The Morgan fingerprint density at radius 3 is 3.00 bits per heavy atom. The Kier molecular flexibility index (Phi) is 2.84. The van der Waals surface area contributed by atoms with E-state index >= 15 is 0 Å². The number of Topliss-reactive ketones (excluding diaryl/α,β-unsaturated/α-hetero) is 1. The predicted octanol–water partition coefficient (Wildman–Crippen LogP) is 0.979. The molecule has 58 valence electrons. The molecule has 0 fully saturated rings. The number of aliphatic hydroxyl groups excluding tert-OH is 1. The molecule has 1 rings (SSSR count). The second-order valence-electron chi connectivity index (χ2n) is 2.33. The van der Waals surface area contributed by atoms with Crippen molar-refractivity contribution in [3.63, 3.8) is 0 Å². The van der Waals surface area contributed by atoms with Gasteiger partial charge in [0, 0.05) is 13.0 Å². The van der Waals surface area contributed by atoms with Gasteiger partial charge in [-0.2, -0.15) is 0 Å². The fourth-order valence-corrected chi connectivity index (χ4v) is 0.878. The number of carbonyl (C=O) groups is 1. The summed E-state index contributed by atoms with van der Waals surface area (Å²) in [6, 6.07) is 0. The molecular weight excluding hydrogens is 140 g/mol. The fourth-order valence-electron chi connectivity index (χ4n) is 0.878. The van der Waals surface area contributed by atoms with Crippen LogP contribution in [0.1, 0.15) is 12.8 Å². The first-order chi connectivity index (χ1) is 5.34. The van der Waals surface area contributed by atoms with Gasteiger partial charge in [0.1, 0.15) is 0 Å². The first-order valence-corrected chi connectivity index (χ1v) is 3.62. The van der Waals surface area contributed by atoms with E-state index in [0.717, 1.165) is 0 Å². The minimum atomic E-state index is 0.0593.